The summed E-state index contributed by atoms with van der Waals surface area (Å²) in [6.07, 6.45) is 11.2. The van der Waals surface area contributed by atoms with Gasteiger partial charge in [-0.2, -0.15) is 0 Å². The van der Waals surface area contributed by atoms with E-state index in [0.717, 1.165) is 19.2 Å². The third-order valence-corrected chi connectivity index (χ3v) is 4.64. The molecule has 0 aromatic rings. The van der Waals surface area contributed by atoms with Gasteiger partial charge >= 0.3 is 0 Å². The number of nitrogens with zero attached hydrogens (tertiary/aromatic N) is 1. The maximum atomic E-state index is 5.64. The number of piperidine rings is 1. The first-order valence-electron chi connectivity index (χ1n) is 8.42. The van der Waals surface area contributed by atoms with Gasteiger partial charge in [-0.1, -0.05) is 6.42 Å². The maximum Gasteiger partial charge on any atom is 0.0576 e. The van der Waals surface area contributed by atoms with E-state index in [4.69, 9.17) is 4.74 Å². The summed E-state index contributed by atoms with van der Waals surface area (Å²) in [4.78, 5) is 2.66. The predicted octanol–water partition coefficient (Wildman–Crippen LogP) is 2.80. The van der Waals surface area contributed by atoms with Crippen molar-refractivity contribution < 1.29 is 4.74 Å². The molecule has 112 valence electrons. The summed E-state index contributed by atoms with van der Waals surface area (Å²) >= 11 is 0. The van der Waals surface area contributed by atoms with E-state index in [2.05, 4.69) is 17.1 Å². The van der Waals surface area contributed by atoms with E-state index < -0.39 is 0 Å². The van der Waals surface area contributed by atoms with E-state index in [0.29, 0.717) is 6.10 Å². The van der Waals surface area contributed by atoms with Crippen LogP contribution in [0.5, 0.6) is 0 Å². The lowest BCUT2D eigenvalue weighted by Crippen LogP contribution is -2.38. The van der Waals surface area contributed by atoms with Crippen molar-refractivity contribution in [2.24, 2.45) is 0 Å². The SMILES string of the molecule is CC1CCCCN1CCCNCCCC1CCCO1. The van der Waals surface area contributed by atoms with Crippen molar-refractivity contribution in [2.75, 3.05) is 32.8 Å². The van der Waals surface area contributed by atoms with Crippen LogP contribution in [0.2, 0.25) is 0 Å². The minimum atomic E-state index is 0.566. The van der Waals surface area contributed by atoms with Crippen LogP contribution in [0.1, 0.15) is 58.3 Å². The van der Waals surface area contributed by atoms with Gasteiger partial charge < -0.3 is 15.0 Å². The van der Waals surface area contributed by atoms with Crippen molar-refractivity contribution >= 4 is 0 Å². The summed E-state index contributed by atoms with van der Waals surface area (Å²) in [5.74, 6) is 0. The first kappa shape index (κ1) is 15.3. The van der Waals surface area contributed by atoms with Crippen LogP contribution in [-0.4, -0.2) is 49.8 Å². The highest BCUT2D eigenvalue weighted by Crippen LogP contribution is 2.17. The minimum Gasteiger partial charge on any atom is -0.378 e. The monoisotopic (exact) mass is 268 g/mol. The van der Waals surface area contributed by atoms with Crippen LogP contribution >= 0.6 is 0 Å². The minimum absolute atomic E-state index is 0.566. The molecule has 2 fully saturated rings. The number of nitrogens with one attached hydrogen (secondary N) is 1. The van der Waals surface area contributed by atoms with Crippen LogP contribution in [0.25, 0.3) is 0 Å². The molecule has 0 aromatic carbocycles. The summed E-state index contributed by atoms with van der Waals surface area (Å²) in [5, 5.41) is 3.58. The highest BCUT2D eigenvalue weighted by molar-refractivity contribution is 4.73. The summed E-state index contributed by atoms with van der Waals surface area (Å²) in [5.41, 5.74) is 0. The number of ether oxygens (including phenoxy) is 1. The standard InChI is InChI=1S/C16H32N2O/c1-15-7-2-3-12-18(15)13-6-11-17-10-4-8-16-9-5-14-19-16/h15-17H,2-14H2,1H3. The number of likely N-dealkylation sites (tertiary alicyclic amines) is 1. The molecule has 0 amide bonds. The van der Waals surface area contributed by atoms with Gasteiger partial charge in [-0.05, 0) is 78.0 Å². The average Bonchev–Trinajstić information content (AvgIpc) is 2.93. The molecule has 0 bridgehead atoms. The van der Waals surface area contributed by atoms with Crippen molar-refractivity contribution in [3.8, 4) is 0 Å². The molecule has 1 N–H and O–H groups in total. The molecule has 2 aliphatic rings. The molecule has 0 aromatic heterocycles. The maximum absolute atomic E-state index is 5.64. The molecular formula is C16H32N2O. The Labute approximate surface area is 119 Å². The fourth-order valence-electron chi connectivity index (χ4n) is 3.35. The average molecular weight is 268 g/mol. The Bertz CT molecular complexity index is 229. The van der Waals surface area contributed by atoms with Crippen molar-refractivity contribution in [2.45, 2.75) is 70.4 Å². The summed E-state index contributed by atoms with van der Waals surface area (Å²) in [6, 6.07) is 0.813. The fraction of sp³-hybridized carbons (Fsp3) is 1.00. The van der Waals surface area contributed by atoms with Crippen LogP contribution in [0.15, 0.2) is 0 Å². The summed E-state index contributed by atoms with van der Waals surface area (Å²) < 4.78 is 5.64. The lowest BCUT2D eigenvalue weighted by molar-refractivity contribution is 0.102. The molecule has 2 rings (SSSR count). The Morgan fingerprint density at radius 1 is 1.11 bits per heavy atom. The van der Waals surface area contributed by atoms with E-state index in [-0.39, 0.29) is 0 Å². The van der Waals surface area contributed by atoms with Crippen LogP contribution in [0, 0.1) is 0 Å². The molecule has 19 heavy (non-hydrogen) atoms. The smallest absolute Gasteiger partial charge is 0.0576 e. The number of hydrogen-bond donors (Lipinski definition) is 1. The molecule has 3 nitrogen and oxygen atoms in total. The van der Waals surface area contributed by atoms with Gasteiger partial charge in [-0.15, -0.1) is 0 Å². The fourth-order valence-corrected chi connectivity index (χ4v) is 3.35. The quantitative estimate of drug-likeness (QED) is 0.685. The third kappa shape index (κ3) is 5.80. The lowest BCUT2D eigenvalue weighted by Gasteiger charge is -2.33. The molecule has 0 aliphatic carbocycles. The van der Waals surface area contributed by atoms with Gasteiger partial charge in [-0.25, -0.2) is 0 Å². The predicted molar refractivity (Wildman–Crippen MR) is 80.6 cm³/mol. The third-order valence-electron chi connectivity index (χ3n) is 4.64. The lowest BCUT2D eigenvalue weighted by atomic mass is 10.0. The summed E-state index contributed by atoms with van der Waals surface area (Å²) in [7, 11) is 0. The first-order chi connectivity index (χ1) is 9.36. The highest BCUT2D eigenvalue weighted by Gasteiger charge is 2.17. The summed E-state index contributed by atoms with van der Waals surface area (Å²) in [6.45, 7) is 8.31. The van der Waals surface area contributed by atoms with E-state index in [1.54, 1.807) is 0 Å². The van der Waals surface area contributed by atoms with Gasteiger partial charge in [0.25, 0.3) is 0 Å². The van der Waals surface area contributed by atoms with Crippen LogP contribution < -0.4 is 5.32 Å². The zero-order chi connectivity index (χ0) is 13.3. The molecule has 0 saturated carbocycles. The Hall–Kier alpha value is -0.120. The van der Waals surface area contributed by atoms with Crippen LogP contribution in [-0.2, 0) is 4.74 Å². The molecule has 2 unspecified atom stereocenters. The Morgan fingerprint density at radius 3 is 2.79 bits per heavy atom. The molecule has 0 spiro atoms. The van der Waals surface area contributed by atoms with E-state index in [1.165, 1.54) is 71.0 Å². The van der Waals surface area contributed by atoms with Gasteiger partial charge in [0.1, 0.15) is 0 Å². The zero-order valence-corrected chi connectivity index (χ0v) is 12.7. The normalized spacial score (nSPS) is 28.9. The van der Waals surface area contributed by atoms with Crippen molar-refractivity contribution in [3.05, 3.63) is 0 Å². The van der Waals surface area contributed by atoms with Gasteiger partial charge in [0, 0.05) is 12.6 Å². The molecule has 2 atom stereocenters. The van der Waals surface area contributed by atoms with Crippen molar-refractivity contribution in [1.29, 1.82) is 0 Å². The van der Waals surface area contributed by atoms with Gasteiger partial charge in [0.05, 0.1) is 6.10 Å². The first-order valence-corrected chi connectivity index (χ1v) is 8.42. The molecule has 2 aliphatic heterocycles. The van der Waals surface area contributed by atoms with Gasteiger partial charge in [-0.3, -0.25) is 0 Å². The Kier molecular flexibility index (Phi) is 7.18. The molecule has 2 heterocycles. The van der Waals surface area contributed by atoms with Crippen molar-refractivity contribution in [1.82, 2.24) is 10.2 Å². The van der Waals surface area contributed by atoms with Crippen LogP contribution in [0.3, 0.4) is 0 Å². The van der Waals surface area contributed by atoms with Crippen molar-refractivity contribution in [3.63, 3.8) is 0 Å². The second-order valence-corrected chi connectivity index (χ2v) is 6.26. The Morgan fingerprint density at radius 2 is 2.00 bits per heavy atom. The second kappa shape index (κ2) is 8.93. The van der Waals surface area contributed by atoms with E-state index in [1.807, 2.05) is 0 Å². The Balaban J connectivity index is 1.39. The highest BCUT2D eigenvalue weighted by atomic mass is 16.5. The number of hydrogen-bond acceptors (Lipinski definition) is 3. The van der Waals surface area contributed by atoms with E-state index >= 15 is 0 Å². The molecular weight excluding hydrogens is 236 g/mol. The second-order valence-electron chi connectivity index (χ2n) is 6.26. The number of rotatable bonds is 8. The zero-order valence-electron chi connectivity index (χ0n) is 12.7. The molecule has 3 heteroatoms. The largest absolute Gasteiger partial charge is 0.378 e. The molecule has 2 saturated heterocycles. The van der Waals surface area contributed by atoms with Gasteiger partial charge in [0.15, 0.2) is 0 Å². The van der Waals surface area contributed by atoms with Crippen LogP contribution in [0.4, 0.5) is 0 Å². The van der Waals surface area contributed by atoms with Gasteiger partial charge in [0.2, 0.25) is 0 Å². The molecule has 0 radical (unpaired) electrons. The topological polar surface area (TPSA) is 24.5 Å². The van der Waals surface area contributed by atoms with E-state index in [9.17, 15) is 0 Å².